The molecule has 0 aliphatic carbocycles. The second kappa shape index (κ2) is 7.00. The second-order valence-corrected chi connectivity index (χ2v) is 4.99. The van der Waals surface area contributed by atoms with Gasteiger partial charge in [-0.3, -0.25) is 4.98 Å². The van der Waals surface area contributed by atoms with E-state index in [1.165, 1.54) is 0 Å². The first-order valence-electron chi connectivity index (χ1n) is 6.92. The van der Waals surface area contributed by atoms with E-state index >= 15 is 0 Å². The summed E-state index contributed by atoms with van der Waals surface area (Å²) in [6, 6.07) is 2.12. The first-order valence-corrected chi connectivity index (χ1v) is 6.92. The molecular weight excluding hydrogens is 254 g/mol. The Kier molecular flexibility index (Phi) is 5.06. The number of aliphatic hydroxyl groups is 1. The Balaban J connectivity index is 2.07. The number of hydrogen-bond donors (Lipinski definition) is 2. The summed E-state index contributed by atoms with van der Waals surface area (Å²) in [5, 5.41) is 16.7. The Hall–Kier alpha value is -1.95. The van der Waals surface area contributed by atoms with E-state index in [2.05, 4.69) is 27.3 Å². The molecule has 6 nitrogen and oxygen atoms in total. The van der Waals surface area contributed by atoms with Crippen LogP contribution in [-0.4, -0.2) is 37.5 Å². The van der Waals surface area contributed by atoms with Crippen LogP contribution < -0.4 is 5.32 Å². The van der Waals surface area contributed by atoms with Crippen molar-refractivity contribution in [3.05, 3.63) is 30.9 Å². The van der Waals surface area contributed by atoms with Crippen molar-refractivity contribution in [2.75, 3.05) is 11.9 Å². The summed E-state index contributed by atoms with van der Waals surface area (Å²) in [5.74, 6) is 1.69. The lowest BCUT2D eigenvalue weighted by atomic mass is 10.0. The van der Waals surface area contributed by atoms with Gasteiger partial charge in [-0.1, -0.05) is 13.8 Å². The number of aromatic nitrogens is 4. The molecule has 108 valence electrons. The summed E-state index contributed by atoms with van der Waals surface area (Å²) in [5.41, 5.74) is 0. The number of nitrogens with one attached hydrogen (secondary N) is 1. The van der Waals surface area contributed by atoms with Crippen molar-refractivity contribution in [1.29, 1.82) is 0 Å². The SMILES string of the molecule is CC[C@@H](C[C@@H](C)CO)Nc1cncc(-n2cccn2)n1. The zero-order chi connectivity index (χ0) is 14.4. The van der Waals surface area contributed by atoms with E-state index in [9.17, 15) is 0 Å². The highest BCUT2D eigenvalue weighted by Crippen LogP contribution is 2.14. The van der Waals surface area contributed by atoms with Crippen LogP contribution in [-0.2, 0) is 0 Å². The van der Waals surface area contributed by atoms with E-state index in [4.69, 9.17) is 5.11 Å². The first kappa shape index (κ1) is 14.5. The molecule has 2 atom stereocenters. The molecule has 0 aliphatic rings. The monoisotopic (exact) mass is 275 g/mol. The Morgan fingerprint density at radius 1 is 1.40 bits per heavy atom. The summed E-state index contributed by atoms with van der Waals surface area (Å²) in [6.07, 6.45) is 8.80. The Morgan fingerprint density at radius 2 is 2.25 bits per heavy atom. The predicted octanol–water partition coefficient (Wildman–Crippen LogP) is 1.87. The quantitative estimate of drug-likeness (QED) is 0.806. The highest BCUT2D eigenvalue weighted by atomic mass is 16.3. The number of anilines is 1. The zero-order valence-electron chi connectivity index (χ0n) is 11.9. The van der Waals surface area contributed by atoms with Gasteiger partial charge in [0.2, 0.25) is 0 Å². The molecule has 2 N–H and O–H groups in total. The summed E-state index contributed by atoms with van der Waals surface area (Å²) in [6.45, 7) is 4.36. The molecule has 0 aromatic carbocycles. The van der Waals surface area contributed by atoms with Crippen LogP contribution in [0.2, 0.25) is 0 Å². The third-order valence-corrected chi connectivity index (χ3v) is 3.20. The molecule has 0 bridgehead atoms. The third-order valence-electron chi connectivity index (χ3n) is 3.20. The van der Waals surface area contributed by atoms with Gasteiger partial charge in [0.1, 0.15) is 5.82 Å². The minimum absolute atomic E-state index is 0.206. The number of nitrogens with zero attached hydrogens (tertiary/aromatic N) is 4. The standard InChI is InChI=1S/C14H21N5O/c1-3-12(7-11(2)10-20)17-13-8-15-9-14(18-13)19-6-4-5-16-19/h4-6,8-9,11-12,20H,3,7,10H2,1-2H3,(H,17,18)/t11-,12+/m1/s1. The average Bonchev–Trinajstić information content (AvgIpc) is 3.01. The van der Waals surface area contributed by atoms with Crippen molar-refractivity contribution in [3.8, 4) is 5.82 Å². The molecule has 2 aromatic heterocycles. The Bertz CT molecular complexity index is 514. The van der Waals surface area contributed by atoms with Gasteiger partial charge >= 0.3 is 0 Å². The Morgan fingerprint density at radius 3 is 2.90 bits per heavy atom. The van der Waals surface area contributed by atoms with E-state index in [0.717, 1.165) is 18.7 Å². The van der Waals surface area contributed by atoms with Gasteiger partial charge < -0.3 is 10.4 Å². The van der Waals surface area contributed by atoms with Crippen molar-refractivity contribution in [1.82, 2.24) is 19.7 Å². The zero-order valence-corrected chi connectivity index (χ0v) is 11.9. The molecule has 0 spiro atoms. The lowest BCUT2D eigenvalue weighted by Gasteiger charge is -2.20. The van der Waals surface area contributed by atoms with Crippen molar-refractivity contribution >= 4 is 5.82 Å². The van der Waals surface area contributed by atoms with E-state index in [0.29, 0.717) is 5.82 Å². The number of rotatable bonds is 7. The van der Waals surface area contributed by atoms with Crippen LogP contribution in [0.25, 0.3) is 5.82 Å². The molecule has 6 heteroatoms. The lowest BCUT2D eigenvalue weighted by molar-refractivity contribution is 0.224. The minimum Gasteiger partial charge on any atom is -0.396 e. The van der Waals surface area contributed by atoms with Crippen molar-refractivity contribution in [2.24, 2.45) is 5.92 Å². The van der Waals surface area contributed by atoms with Gasteiger partial charge in [-0.05, 0) is 24.8 Å². The fourth-order valence-electron chi connectivity index (χ4n) is 2.04. The van der Waals surface area contributed by atoms with E-state index in [-0.39, 0.29) is 18.6 Å². The first-order chi connectivity index (χ1) is 9.72. The van der Waals surface area contributed by atoms with E-state index in [1.807, 2.05) is 19.2 Å². The van der Waals surface area contributed by atoms with Gasteiger partial charge in [-0.25, -0.2) is 9.67 Å². The molecule has 2 heterocycles. The third kappa shape index (κ3) is 3.77. The minimum atomic E-state index is 0.206. The lowest BCUT2D eigenvalue weighted by Crippen LogP contribution is -2.23. The van der Waals surface area contributed by atoms with Gasteiger partial charge in [0.05, 0.1) is 12.4 Å². The highest BCUT2D eigenvalue weighted by molar-refractivity contribution is 5.36. The molecule has 2 aromatic rings. The molecule has 0 fully saturated rings. The van der Waals surface area contributed by atoms with Crippen LogP contribution in [0.4, 0.5) is 5.82 Å². The summed E-state index contributed by atoms with van der Waals surface area (Å²) >= 11 is 0. The predicted molar refractivity (Wildman–Crippen MR) is 77.7 cm³/mol. The normalized spacial score (nSPS) is 13.9. The van der Waals surface area contributed by atoms with Crippen LogP contribution in [0.1, 0.15) is 26.7 Å². The summed E-state index contributed by atoms with van der Waals surface area (Å²) < 4.78 is 1.68. The van der Waals surface area contributed by atoms with Crippen LogP contribution in [0, 0.1) is 5.92 Å². The van der Waals surface area contributed by atoms with E-state index in [1.54, 1.807) is 23.3 Å². The van der Waals surface area contributed by atoms with Crippen LogP contribution in [0.15, 0.2) is 30.9 Å². The average molecular weight is 275 g/mol. The fraction of sp³-hybridized carbons (Fsp3) is 0.500. The number of hydrogen-bond acceptors (Lipinski definition) is 5. The van der Waals surface area contributed by atoms with Crippen molar-refractivity contribution in [3.63, 3.8) is 0 Å². The summed E-state index contributed by atoms with van der Waals surface area (Å²) in [4.78, 5) is 8.69. The molecular formula is C14H21N5O. The molecule has 2 rings (SSSR count). The molecule has 0 unspecified atom stereocenters. The molecule has 20 heavy (non-hydrogen) atoms. The van der Waals surface area contributed by atoms with Gasteiger partial charge in [-0.15, -0.1) is 0 Å². The maximum Gasteiger partial charge on any atom is 0.173 e. The maximum absolute atomic E-state index is 9.15. The van der Waals surface area contributed by atoms with E-state index < -0.39 is 0 Å². The van der Waals surface area contributed by atoms with Crippen LogP contribution in [0.3, 0.4) is 0 Å². The largest absolute Gasteiger partial charge is 0.396 e. The topological polar surface area (TPSA) is 75.9 Å². The molecule has 0 saturated heterocycles. The van der Waals surface area contributed by atoms with Crippen molar-refractivity contribution in [2.45, 2.75) is 32.7 Å². The van der Waals surface area contributed by atoms with Crippen molar-refractivity contribution < 1.29 is 5.11 Å². The van der Waals surface area contributed by atoms with Gasteiger partial charge in [0.25, 0.3) is 0 Å². The number of aliphatic hydroxyl groups excluding tert-OH is 1. The fourth-order valence-corrected chi connectivity index (χ4v) is 2.04. The Labute approximate surface area is 118 Å². The highest BCUT2D eigenvalue weighted by Gasteiger charge is 2.12. The maximum atomic E-state index is 9.15. The summed E-state index contributed by atoms with van der Waals surface area (Å²) in [7, 11) is 0. The van der Waals surface area contributed by atoms with Gasteiger partial charge in [0, 0.05) is 25.0 Å². The second-order valence-electron chi connectivity index (χ2n) is 4.99. The molecule has 0 amide bonds. The molecule has 0 saturated carbocycles. The van der Waals surface area contributed by atoms with Gasteiger partial charge in [-0.2, -0.15) is 5.10 Å². The molecule has 0 radical (unpaired) electrons. The van der Waals surface area contributed by atoms with Gasteiger partial charge in [0.15, 0.2) is 5.82 Å². The molecule has 0 aliphatic heterocycles. The smallest absolute Gasteiger partial charge is 0.173 e. The van der Waals surface area contributed by atoms with Crippen LogP contribution >= 0.6 is 0 Å². The van der Waals surface area contributed by atoms with Crippen LogP contribution in [0.5, 0.6) is 0 Å².